The summed E-state index contributed by atoms with van der Waals surface area (Å²) in [6.45, 7) is 7.77. The van der Waals surface area contributed by atoms with Crippen molar-refractivity contribution >= 4 is 0 Å². The number of aromatic nitrogens is 1. The molecular formula is C14H25N3. The Balaban J connectivity index is 2.29. The van der Waals surface area contributed by atoms with Gasteiger partial charge < -0.3 is 5.32 Å². The van der Waals surface area contributed by atoms with Crippen LogP contribution in [0.2, 0.25) is 0 Å². The topological polar surface area (TPSA) is 28.2 Å². The van der Waals surface area contributed by atoms with Gasteiger partial charge in [-0.2, -0.15) is 0 Å². The van der Waals surface area contributed by atoms with E-state index in [1.54, 1.807) is 0 Å². The molecule has 0 fully saturated rings. The maximum atomic E-state index is 4.05. The van der Waals surface area contributed by atoms with Gasteiger partial charge in [-0.05, 0) is 57.6 Å². The third-order valence-electron chi connectivity index (χ3n) is 3.21. The van der Waals surface area contributed by atoms with E-state index in [1.165, 1.54) is 24.9 Å². The van der Waals surface area contributed by atoms with E-state index < -0.39 is 0 Å². The highest BCUT2D eigenvalue weighted by atomic mass is 15.1. The molecular weight excluding hydrogens is 210 g/mol. The second kappa shape index (κ2) is 8.20. The minimum Gasteiger partial charge on any atom is -0.317 e. The van der Waals surface area contributed by atoms with E-state index in [1.807, 2.05) is 19.4 Å². The van der Waals surface area contributed by atoms with Crippen LogP contribution in [0.1, 0.15) is 32.3 Å². The van der Waals surface area contributed by atoms with Crippen molar-refractivity contribution in [3.63, 3.8) is 0 Å². The molecule has 96 valence electrons. The largest absolute Gasteiger partial charge is 0.317 e. The molecule has 1 heterocycles. The second-order valence-corrected chi connectivity index (χ2v) is 4.56. The maximum Gasteiger partial charge on any atom is 0.0271 e. The van der Waals surface area contributed by atoms with Gasteiger partial charge >= 0.3 is 0 Å². The minimum absolute atomic E-state index is 0.620. The van der Waals surface area contributed by atoms with E-state index in [0.717, 1.165) is 13.1 Å². The predicted molar refractivity (Wildman–Crippen MR) is 72.9 cm³/mol. The molecule has 17 heavy (non-hydrogen) atoms. The van der Waals surface area contributed by atoms with Crippen LogP contribution in [0.5, 0.6) is 0 Å². The summed E-state index contributed by atoms with van der Waals surface area (Å²) in [6.07, 6.45) is 6.22. The highest BCUT2D eigenvalue weighted by Gasteiger charge is 2.04. The van der Waals surface area contributed by atoms with E-state index in [9.17, 15) is 0 Å². The molecule has 0 aliphatic rings. The van der Waals surface area contributed by atoms with Crippen LogP contribution in [-0.2, 0) is 6.54 Å². The zero-order valence-corrected chi connectivity index (χ0v) is 11.3. The van der Waals surface area contributed by atoms with Gasteiger partial charge in [-0.3, -0.25) is 9.88 Å². The van der Waals surface area contributed by atoms with Crippen LogP contribution in [0, 0.1) is 0 Å². The molecule has 0 spiro atoms. The molecule has 0 aliphatic carbocycles. The normalized spacial score (nSPS) is 12.9. The number of hydrogen-bond acceptors (Lipinski definition) is 3. The fraction of sp³-hybridized carbons (Fsp3) is 0.643. The van der Waals surface area contributed by atoms with Gasteiger partial charge in [0.05, 0.1) is 0 Å². The maximum absolute atomic E-state index is 4.05. The first-order valence-corrected chi connectivity index (χ1v) is 6.54. The predicted octanol–water partition coefficient (Wildman–Crippen LogP) is 2.29. The van der Waals surface area contributed by atoms with Gasteiger partial charge in [-0.15, -0.1) is 0 Å². The Bertz CT molecular complexity index is 287. The minimum atomic E-state index is 0.620. The van der Waals surface area contributed by atoms with Gasteiger partial charge in [0.15, 0.2) is 0 Å². The van der Waals surface area contributed by atoms with Crippen molar-refractivity contribution < 1.29 is 0 Å². The molecule has 1 unspecified atom stereocenters. The van der Waals surface area contributed by atoms with E-state index in [2.05, 4.69) is 41.2 Å². The molecule has 1 rings (SSSR count). The summed E-state index contributed by atoms with van der Waals surface area (Å²) < 4.78 is 0. The number of nitrogens with one attached hydrogen (secondary N) is 1. The Morgan fingerprint density at radius 2 is 2.06 bits per heavy atom. The Kier molecular flexibility index (Phi) is 6.82. The molecule has 1 aromatic rings. The summed E-state index contributed by atoms with van der Waals surface area (Å²) in [4.78, 5) is 6.53. The number of rotatable bonds is 8. The molecule has 0 bridgehead atoms. The average Bonchev–Trinajstić information content (AvgIpc) is 2.38. The van der Waals surface area contributed by atoms with Gasteiger partial charge in [-0.25, -0.2) is 0 Å². The Hall–Kier alpha value is -0.930. The fourth-order valence-corrected chi connectivity index (χ4v) is 1.86. The van der Waals surface area contributed by atoms with Gasteiger partial charge in [0.1, 0.15) is 0 Å². The molecule has 0 aromatic carbocycles. The molecule has 1 N–H and O–H groups in total. The van der Waals surface area contributed by atoms with Crippen molar-refractivity contribution in [1.82, 2.24) is 15.2 Å². The number of hydrogen-bond donors (Lipinski definition) is 1. The quantitative estimate of drug-likeness (QED) is 0.749. The first kappa shape index (κ1) is 14.1. The third kappa shape index (κ3) is 5.80. The van der Waals surface area contributed by atoms with Crippen molar-refractivity contribution in [3.8, 4) is 0 Å². The summed E-state index contributed by atoms with van der Waals surface area (Å²) in [6, 6.07) is 4.81. The highest BCUT2D eigenvalue weighted by Crippen LogP contribution is 2.05. The molecule has 0 radical (unpaired) electrons. The molecule has 0 amide bonds. The molecule has 0 saturated heterocycles. The van der Waals surface area contributed by atoms with Gasteiger partial charge in [-0.1, -0.05) is 6.92 Å². The lowest BCUT2D eigenvalue weighted by atomic mass is 10.1. The zero-order chi connectivity index (χ0) is 12.5. The monoisotopic (exact) mass is 235 g/mol. The lowest BCUT2D eigenvalue weighted by molar-refractivity contribution is 0.269. The molecule has 3 heteroatoms. The Labute approximate surface area is 105 Å². The summed E-state index contributed by atoms with van der Waals surface area (Å²) >= 11 is 0. The highest BCUT2D eigenvalue weighted by molar-refractivity contribution is 5.09. The van der Waals surface area contributed by atoms with Crippen LogP contribution < -0.4 is 5.32 Å². The van der Waals surface area contributed by atoms with Gasteiger partial charge in [0.2, 0.25) is 0 Å². The lowest BCUT2D eigenvalue weighted by Crippen LogP contribution is -2.27. The van der Waals surface area contributed by atoms with Crippen LogP contribution in [0.3, 0.4) is 0 Å². The number of pyridine rings is 1. The molecule has 1 aromatic heterocycles. The SMILES string of the molecule is CCN(CCCC(C)NC)Cc1ccncc1. The molecule has 1 atom stereocenters. The van der Waals surface area contributed by atoms with Crippen LogP contribution in [0.15, 0.2) is 24.5 Å². The van der Waals surface area contributed by atoms with Crippen molar-refractivity contribution in [3.05, 3.63) is 30.1 Å². The van der Waals surface area contributed by atoms with Crippen molar-refractivity contribution in [2.24, 2.45) is 0 Å². The first-order valence-electron chi connectivity index (χ1n) is 6.54. The summed E-state index contributed by atoms with van der Waals surface area (Å²) in [5, 5.41) is 3.28. The van der Waals surface area contributed by atoms with Crippen LogP contribution in [-0.4, -0.2) is 36.1 Å². The van der Waals surface area contributed by atoms with Gasteiger partial charge in [0.25, 0.3) is 0 Å². The van der Waals surface area contributed by atoms with E-state index in [-0.39, 0.29) is 0 Å². The molecule has 0 saturated carbocycles. The third-order valence-corrected chi connectivity index (χ3v) is 3.21. The van der Waals surface area contributed by atoms with Crippen LogP contribution in [0.25, 0.3) is 0 Å². The molecule has 3 nitrogen and oxygen atoms in total. The lowest BCUT2D eigenvalue weighted by Gasteiger charge is -2.21. The van der Waals surface area contributed by atoms with Crippen LogP contribution >= 0.6 is 0 Å². The Morgan fingerprint density at radius 1 is 1.35 bits per heavy atom. The summed E-state index contributed by atoms with van der Waals surface area (Å²) in [7, 11) is 2.03. The van der Waals surface area contributed by atoms with E-state index in [4.69, 9.17) is 0 Å². The average molecular weight is 235 g/mol. The van der Waals surface area contributed by atoms with E-state index in [0.29, 0.717) is 6.04 Å². The first-order chi connectivity index (χ1) is 8.26. The Morgan fingerprint density at radius 3 is 2.65 bits per heavy atom. The van der Waals surface area contributed by atoms with E-state index >= 15 is 0 Å². The summed E-state index contributed by atoms with van der Waals surface area (Å²) in [5.41, 5.74) is 1.35. The molecule has 0 aliphatic heterocycles. The summed E-state index contributed by atoms with van der Waals surface area (Å²) in [5.74, 6) is 0. The second-order valence-electron chi connectivity index (χ2n) is 4.56. The van der Waals surface area contributed by atoms with Crippen molar-refractivity contribution in [2.45, 2.75) is 39.3 Å². The number of nitrogens with zero attached hydrogens (tertiary/aromatic N) is 2. The standard InChI is InChI=1S/C14H25N3/c1-4-17(11-5-6-13(2)15-3)12-14-7-9-16-10-8-14/h7-10,13,15H,4-6,11-12H2,1-3H3. The zero-order valence-electron chi connectivity index (χ0n) is 11.3. The smallest absolute Gasteiger partial charge is 0.0271 e. The fourth-order valence-electron chi connectivity index (χ4n) is 1.86. The van der Waals surface area contributed by atoms with Crippen molar-refractivity contribution in [1.29, 1.82) is 0 Å². The van der Waals surface area contributed by atoms with Crippen LogP contribution in [0.4, 0.5) is 0 Å². The van der Waals surface area contributed by atoms with Gasteiger partial charge in [0, 0.05) is 25.0 Å². The van der Waals surface area contributed by atoms with Crippen molar-refractivity contribution in [2.75, 3.05) is 20.1 Å².